The second-order valence-corrected chi connectivity index (χ2v) is 5.81. The summed E-state index contributed by atoms with van der Waals surface area (Å²) >= 11 is 0. The Balaban J connectivity index is 4.84. The minimum atomic E-state index is -3.77. The van der Waals surface area contributed by atoms with Gasteiger partial charge < -0.3 is 5.11 Å². The van der Waals surface area contributed by atoms with E-state index in [0.717, 1.165) is 0 Å². The quantitative estimate of drug-likeness (QED) is 0.579. The minimum absolute atomic E-state index is 0.298. The zero-order chi connectivity index (χ0) is 15.6. The van der Waals surface area contributed by atoms with Gasteiger partial charge in [0.05, 0.1) is 25.0 Å². The van der Waals surface area contributed by atoms with Crippen LogP contribution in [0, 0.1) is 22.7 Å². The fourth-order valence-electron chi connectivity index (χ4n) is 1.17. The molecule has 0 aliphatic carbocycles. The molecule has 0 aliphatic rings. The maximum absolute atomic E-state index is 12.4. The molecule has 20 heavy (non-hydrogen) atoms. The number of nitrogens with one attached hydrogen (secondary N) is 1. The van der Waals surface area contributed by atoms with Gasteiger partial charge >= 0.3 is 13.6 Å². The van der Waals surface area contributed by atoms with Gasteiger partial charge in [0, 0.05) is 0 Å². The molecule has 0 heterocycles. The summed E-state index contributed by atoms with van der Waals surface area (Å²) in [6, 6.07) is 3.63. The highest BCUT2D eigenvalue weighted by Crippen LogP contribution is 2.50. The monoisotopic (exact) mass is 303 g/mol. The zero-order valence-corrected chi connectivity index (χ0v) is 12.3. The van der Waals surface area contributed by atoms with E-state index < -0.39 is 32.3 Å². The molecule has 0 radical (unpaired) electrons. The van der Waals surface area contributed by atoms with Gasteiger partial charge in [0.25, 0.3) is 0 Å². The van der Waals surface area contributed by atoms with Crippen LogP contribution >= 0.6 is 7.60 Å². The molecule has 0 spiro atoms. The van der Waals surface area contributed by atoms with Crippen molar-refractivity contribution in [3.05, 3.63) is 0 Å². The van der Waals surface area contributed by atoms with Gasteiger partial charge in [0.2, 0.25) is 0 Å². The van der Waals surface area contributed by atoms with Crippen molar-refractivity contribution in [2.24, 2.45) is 0 Å². The number of aliphatic carboxylic acids is 1. The number of carboxylic acids is 1. The van der Waals surface area contributed by atoms with Gasteiger partial charge in [-0.15, -0.1) is 0 Å². The Hall–Kier alpha value is -1.44. The van der Waals surface area contributed by atoms with E-state index in [2.05, 4.69) is 5.32 Å². The lowest BCUT2D eigenvalue weighted by Crippen LogP contribution is -2.26. The van der Waals surface area contributed by atoms with Crippen LogP contribution in [-0.2, 0) is 18.4 Å². The SMILES string of the molecule is CCC(C#N)OP(=O)(CNCC(=O)O)OC(C#N)CC. The van der Waals surface area contributed by atoms with Gasteiger partial charge in [-0.05, 0) is 12.8 Å². The van der Waals surface area contributed by atoms with E-state index in [0.29, 0.717) is 12.8 Å². The number of carboxylic acid groups (broad SMARTS) is 1. The van der Waals surface area contributed by atoms with E-state index in [9.17, 15) is 9.36 Å². The molecule has 0 aromatic rings. The van der Waals surface area contributed by atoms with Crippen LogP contribution in [0.3, 0.4) is 0 Å². The van der Waals surface area contributed by atoms with Crippen LogP contribution in [0.25, 0.3) is 0 Å². The molecule has 112 valence electrons. The summed E-state index contributed by atoms with van der Waals surface area (Å²) in [7, 11) is -3.77. The van der Waals surface area contributed by atoms with Crippen LogP contribution in [0.4, 0.5) is 0 Å². The summed E-state index contributed by atoms with van der Waals surface area (Å²) in [5.41, 5.74) is 0. The Morgan fingerprint density at radius 3 is 2.00 bits per heavy atom. The lowest BCUT2D eigenvalue weighted by atomic mass is 10.3. The molecule has 0 fully saturated rings. The van der Waals surface area contributed by atoms with Crippen molar-refractivity contribution < 1.29 is 23.5 Å². The average molecular weight is 303 g/mol. The number of nitrogens with zero attached hydrogens (tertiary/aromatic N) is 2. The molecule has 2 unspecified atom stereocenters. The topological polar surface area (TPSA) is 132 Å². The first kappa shape index (κ1) is 18.6. The molecule has 2 atom stereocenters. The van der Waals surface area contributed by atoms with Crippen molar-refractivity contribution in [3.63, 3.8) is 0 Å². The van der Waals surface area contributed by atoms with Crippen LogP contribution < -0.4 is 5.32 Å². The highest BCUT2D eigenvalue weighted by molar-refractivity contribution is 7.53. The van der Waals surface area contributed by atoms with E-state index in [-0.39, 0.29) is 6.29 Å². The van der Waals surface area contributed by atoms with Crippen molar-refractivity contribution in [3.8, 4) is 12.1 Å². The van der Waals surface area contributed by atoms with Gasteiger partial charge in [-0.1, -0.05) is 13.8 Å². The van der Waals surface area contributed by atoms with E-state index in [1.165, 1.54) is 0 Å². The Kier molecular flexibility index (Phi) is 8.78. The number of hydrogen-bond acceptors (Lipinski definition) is 7. The van der Waals surface area contributed by atoms with Gasteiger partial charge in [-0.25, -0.2) is 0 Å². The summed E-state index contributed by atoms with van der Waals surface area (Å²) < 4.78 is 22.7. The van der Waals surface area contributed by atoms with E-state index >= 15 is 0 Å². The first-order valence-corrected chi connectivity index (χ1v) is 7.81. The summed E-state index contributed by atoms with van der Waals surface area (Å²) in [5, 5.41) is 28.6. The third-order valence-electron chi connectivity index (χ3n) is 2.19. The molecule has 9 heteroatoms. The number of rotatable bonds is 10. The lowest BCUT2D eigenvalue weighted by molar-refractivity contribution is -0.135. The first-order valence-electron chi connectivity index (χ1n) is 6.08. The summed E-state index contributed by atoms with van der Waals surface area (Å²) in [5.74, 6) is -1.13. The lowest BCUT2D eigenvalue weighted by Gasteiger charge is -2.22. The molecule has 0 aromatic heterocycles. The number of nitriles is 2. The summed E-state index contributed by atoms with van der Waals surface area (Å²) in [6.07, 6.45) is -1.67. The van der Waals surface area contributed by atoms with Crippen molar-refractivity contribution >= 4 is 13.6 Å². The molecular weight excluding hydrogens is 285 g/mol. The summed E-state index contributed by atoms with van der Waals surface area (Å²) in [6.45, 7) is 2.92. The molecule has 0 saturated carbocycles. The van der Waals surface area contributed by atoms with Crippen molar-refractivity contribution in [1.82, 2.24) is 5.32 Å². The average Bonchev–Trinajstić information content (AvgIpc) is 2.42. The van der Waals surface area contributed by atoms with E-state index in [4.69, 9.17) is 24.7 Å². The predicted molar refractivity (Wildman–Crippen MR) is 69.7 cm³/mol. The van der Waals surface area contributed by atoms with Crippen molar-refractivity contribution in [2.45, 2.75) is 38.9 Å². The fraction of sp³-hybridized carbons (Fsp3) is 0.727. The second kappa shape index (κ2) is 9.46. The van der Waals surface area contributed by atoms with Crippen molar-refractivity contribution in [2.75, 3.05) is 12.8 Å². The Bertz CT molecular complexity index is 414. The minimum Gasteiger partial charge on any atom is -0.480 e. The molecule has 0 aliphatic heterocycles. The van der Waals surface area contributed by atoms with Crippen LogP contribution in [0.2, 0.25) is 0 Å². The molecule has 0 rings (SSSR count). The molecule has 0 amide bonds. The third kappa shape index (κ3) is 7.22. The maximum atomic E-state index is 12.4. The number of hydrogen-bond donors (Lipinski definition) is 2. The second-order valence-electron chi connectivity index (χ2n) is 3.85. The van der Waals surface area contributed by atoms with E-state index in [1.807, 2.05) is 12.1 Å². The van der Waals surface area contributed by atoms with E-state index in [1.54, 1.807) is 13.8 Å². The molecule has 8 nitrogen and oxygen atoms in total. The smallest absolute Gasteiger partial charge is 0.346 e. The molecule has 0 aromatic carbocycles. The van der Waals surface area contributed by atoms with Crippen LogP contribution in [0.15, 0.2) is 0 Å². The van der Waals surface area contributed by atoms with Crippen LogP contribution in [0.1, 0.15) is 26.7 Å². The van der Waals surface area contributed by atoms with Crippen LogP contribution in [0.5, 0.6) is 0 Å². The summed E-state index contributed by atoms with van der Waals surface area (Å²) in [4.78, 5) is 10.4. The zero-order valence-electron chi connectivity index (χ0n) is 11.4. The molecule has 0 saturated heterocycles. The Morgan fingerprint density at radius 1 is 1.25 bits per heavy atom. The highest BCUT2D eigenvalue weighted by atomic mass is 31.2. The molecule has 0 bridgehead atoms. The Labute approximate surface area is 117 Å². The normalized spacial score (nSPS) is 16.4. The van der Waals surface area contributed by atoms with Gasteiger partial charge in [0.15, 0.2) is 12.2 Å². The van der Waals surface area contributed by atoms with Gasteiger partial charge in [0.1, 0.15) is 0 Å². The predicted octanol–water partition coefficient (Wildman–Crippen LogP) is 1.45. The highest BCUT2D eigenvalue weighted by Gasteiger charge is 2.31. The molecule has 2 N–H and O–H groups in total. The largest absolute Gasteiger partial charge is 0.480 e. The Morgan fingerprint density at radius 2 is 1.70 bits per heavy atom. The van der Waals surface area contributed by atoms with Gasteiger partial charge in [-0.2, -0.15) is 10.5 Å². The standard InChI is InChI=1S/C11H18N3O5P/c1-3-9(5-12)18-20(17,8-14-7-11(15)16)19-10(4-2)6-13/h9-10,14H,3-4,7-8H2,1-2H3,(H,15,16). The van der Waals surface area contributed by atoms with Gasteiger partial charge in [-0.3, -0.25) is 23.7 Å². The van der Waals surface area contributed by atoms with Crippen molar-refractivity contribution in [1.29, 1.82) is 10.5 Å². The third-order valence-corrected chi connectivity index (χ3v) is 3.95. The maximum Gasteiger partial charge on any atom is 0.346 e. The van der Waals surface area contributed by atoms with Crippen LogP contribution in [-0.4, -0.2) is 36.1 Å². The molecular formula is C11H18N3O5P. The number of carbonyl (C=O) groups is 1. The fourth-order valence-corrected chi connectivity index (χ4v) is 2.92. The first-order chi connectivity index (χ1) is 9.40.